The van der Waals surface area contributed by atoms with Gasteiger partial charge in [0.2, 0.25) is 0 Å². The van der Waals surface area contributed by atoms with Crippen molar-refractivity contribution in [3.63, 3.8) is 0 Å². The maximum Gasteiger partial charge on any atom is 0.171 e. The lowest BCUT2D eigenvalue weighted by atomic mass is 10.2. The molecule has 0 spiro atoms. The van der Waals surface area contributed by atoms with Crippen LogP contribution >= 0.6 is 12.3 Å². The fraction of sp³-hybridized carbons (Fsp3) is 0.333. The van der Waals surface area contributed by atoms with E-state index < -0.39 is 0 Å². The second-order valence-corrected chi connectivity index (χ2v) is 3.20. The van der Waals surface area contributed by atoms with Gasteiger partial charge in [-0.25, -0.2) is 13.9 Å². The zero-order valence-corrected chi connectivity index (χ0v) is 9.68. The Morgan fingerprint density at radius 3 is 2.67 bits per heavy atom. The molecule has 82 valence electrons. The highest BCUT2D eigenvalue weighted by atomic mass is 32.2. The highest BCUT2D eigenvalue weighted by Gasteiger charge is 2.10. The van der Waals surface area contributed by atoms with Crippen molar-refractivity contribution in [3.8, 4) is 0 Å². The molecule has 0 saturated heterocycles. The molecule has 15 heavy (non-hydrogen) atoms. The maximum absolute atomic E-state index is 12.4. The van der Waals surface area contributed by atoms with Gasteiger partial charge in [-0.15, -0.1) is 3.89 Å². The van der Waals surface area contributed by atoms with Crippen LogP contribution in [0.4, 0.5) is 9.70 Å². The first-order valence-electron chi connectivity index (χ1n) is 4.61. The van der Waals surface area contributed by atoms with Crippen LogP contribution in [-0.2, 0) is 0 Å². The highest BCUT2D eigenvalue weighted by molar-refractivity contribution is 7.92. The Morgan fingerprint density at radius 2 is 2.07 bits per heavy atom. The number of aryl methyl sites for hydroxylation is 1. The SMILES string of the molecule is CC.Cc1cn(SF)c2ncnc(N)c12. The van der Waals surface area contributed by atoms with E-state index in [-0.39, 0.29) is 12.3 Å². The first kappa shape index (κ1) is 11.8. The molecule has 0 fully saturated rings. The third-order valence-electron chi connectivity index (χ3n) is 1.84. The van der Waals surface area contributed by atoms with Gasteiger partial charge < -0.3 is 5.73 Å². The van der Waals surface area contributed by atoms with Gasteiger partial charge in [-0.2, -0.15) is 0 Å². The van der Waals surface area contributed by atoms with Crippen LogP contribution in [0, 0.1) is 6.92 Å². The Hall–Kier alpha value is -1.30. The van der Waals surface area contributed by atoms with Crippen LogP contribution in [0.25, 0.3) is 11.0 Å². The third-order valence-corrected chi connectivity index (χ3v) is 2.27. The second kappa shape index (κ2) is 4.97. The molecular weight excluding hydrogens is 215 g/mol. The van der Waals surface area contributed by atoms with Crippen molar-refractivity contribution < 1.29 is 3.89 Å². The molecule has 2 aromatic rings. The van der Waals surface area contributed by atoms with E-state index in [9.17, 15) is 3.89 Å². The van der Waals surface area contributed by atoms with E-state index in [0.717, 1.165) is 5.56 Å². The lowest BCUT2D eigenvalue weighted by Crippen LogP contribution is -1.93. The van der Waals surface area contributed by atoms with Crippen molar-refractivity contribution in [3.05, 3.63) is 18.1 Å². The van der Waals surface area contributed by atoms with Gasteiger partial charge in [0.15, 0.2) is 18.0 Å². The van der Waals surface area contributed by atoms with Crippen LogP contribution in [0.3, 0.4) is 0 Å². The zero-order chi connectivity index (χ0) is 11.4. The van der Waals surface area contributed by atoms with Crippen molar-refractivity contribution in [2.75, 3.05) is 5.73 Å². The highest BCUT2D eigenvalue weighted by Crippen LogP contribution is 2.26. The Balaban J connectivity index is 0.000000531. The molecule has 2 heterocycles. The number of anilines is 1. The van der Waals surface area contributed by atoms with Gasteiger partial charge >= 0.3 is 0 Å². The predicted octanol–water partition coefficient (Wildman–Crippen LogP) is 2.73. The van der Waals surface area contributed by atoms with Crippen LogP contribution in [0.15, 0.2) is 12.5 Å². The topological polar surface area (TPSA) is 56.7 Å². The molecule has 0 amide bonds. The quantitative estimate of drug-likeness (QED) is 0.815. The molecular formula is C9H13FN4S. The molecule has 2 rings (SSSR count). The summed E-state index contributed by atoms with van der Waals surface area (Å²) in [5.74, 6) is 0.385. The van der Waals surface area contributed by atoms with Gasteiger partial charge in [0, 0.05) is 6.20 Å². The standard InChI is InChI=1S/C7H7FN4S.C2H6/c1-4-2-12(13-8)7-5(4)6(9)10-3-11-7;1-2/h2-3H,1H3,(H2,9,10,11);1-2H3. The zero-order valence-electron chi connectivity index (χ0n) is 8.86. The van der Waals surface area contributed by atoms with Crippen molar-refractivity contribution in [1.82, 2.24) is 13.9 Å². The number of nitrogens with two attached hydrogens (primary N) is 1. The monoisotopic (exact) mass is 228 g/mol. The molecule has 0 aliphatic carbocycles. The van der Waals surface area contributed by atoms with Crippen LogP contribution in [0.1, 0.15) is 19.4 Å². The van der Waals surface area contributed by atoms with Crippen molar-refractivity contribution >= 4 is 29.2 Å². The molecule has 0 aliphatic rings. The van der Waals surface area contributed by atoms with Gasteiger partial charge in [0.25, 0.3) is 0 Å². The Morgan fingerprint density at radius 1 is 1.40 bits per heavy atom. The van der Waals surface area contributed by atoms with Crippen molar-refractivity contribution in [1.29, 1.82) is 0 Å². The van der Waals surface area contributed by atoms with Gasteiger partial charge in [0.1, 0.15) is 12.1 Å². The molecule has 4 nitrogen and oxygen atoms in total. The number of rotatable bonds is 1. The second-order valence-electron chi connectivity index (χ2n) is 2.66. The first-order valence-corrected chi connectivity index (χ1v) is 5.28. The molecule has 0 radical (unpaired) electrons. The summed E-state index contributed by atoms with van der Waals surface area (Å²) in [4.78, 5) is 7.78. The average molecular weight is 228 g/mol. The molecule has 0 aromatic carbocycles. The summed E-state index contributed by atoms with van der Waals surface area (Å²) in [6, 6.07) is 0. The Labute approximate surface area is 92.1 Å². The van der Waals surface area contributed by atoms with Gasteiger partial charge in [-0.1, -0.05) is 13.8 Å². The van der Waals surface area contributed by atoms with E-state index in [2.05, 4.69) is 9.97 Å². The summed E-state index contributed by atoms with van der Waals surface area (Å²) in [5.41, 5.74) is 7.01. The lowest BCUT2D eigenvalue weighted by molar-refractivity contribution is 0.918. The smallest absolute Gasteiger partial charge is 0.171 e. The molecule has 0 aliphatic heterocycles. The predicted molar refractivity (Wildman–Crippen MR) is 62.1 cm³/mol. The minimum atomic E-state index is 0.0987. The van der Waals surface area contributed by atoms with Crippen molar-refractivity contribution in [2.45, 2.75) is 20.8 Å². The van der Waals surface area contributed by atoms with E-state index >= 15 is 0 Å². The number of hydrogen-bond donors (Lipinski definition) is 1. The Bertz CT molecular complexity index is 455. The third kappa shape index (κ3) is 2.04. The summed E-state index contributed by atoms with van der Waals surface area (Å²) in [6.07, 6.45) is 2.96. The van der Waals surface area contributed by atoms with Crippen LogP contribution < -0.4 is 5.73 Å². The number of halogens is 1. The molecule has 2 aromatic heterocycles. The minimum absolute atomic E-state index is 0.0987. The molecule has 0 saturated carbocycles. The number of hydrogen-bond acceptors (Lipinski definition) is 4. The van der Waals surface area contributed by atoms with Crippen LogP contribution in [0.2, 0.25) is 0 Å². The summed E-state index contributed by atoms with van der Waals surface area (Å²) in [5, 5.41) is 0.715. The first-order chi connectivity index (χ1) is 7.24. The molecule has 0 bridgehead atoms. The largest absolute Gasteiger partial charge is 0.383 e. The number of aromatic nitrogens is 3. The van der Waals surface area contributed by atoms with E-state index in [1.165, 1.54) is 10.3 Å². The van der Waals surface area contributed by atoms with Crippen LogP contribution in [0.5, 0.6) is 0 Å². The van der Waals surface area contributed by atoms with E-state index in [1.54, 1.807) is 6.20 Å². The maximum atomic E-state index is 12.4. The number of nitrogens with zero attached hydrogens (tertiary/aromatic N) is 3. The Kier molecular flexibility index (Phi) is 3.90. The molecule has 2 N–H and O–H groups in total. The summed E-state index contributed by atoms with van der Waals surface area (Å²) < 4.78 is 13.7. The lowest BCUT2D eigenvalue weighted by Gasteiger charge is -1.96. The summed E-state index contributed by atoms with van der Waals surface area (Å²) in [6.45, 7) is 5.84. The molecule has 6 heteroatoms. The summed E-state index contributed by atoms with van der Waals surface area (Å²) in [7, 11) is 0. The molecule has 0 atom stereocenters. The summed E-state index contributed by atoms with van der Waals surface area (Å²) >= 11 is 0.0987. The number of fused-ring (bicyclic) bond motifs is 1. The van der Waals surface area contributed by atoms with Gasteiger partial charge in [-0.05, 0) is 12.5 Å². The fourth-order valence-electron chi connectivity index (χ4n) is 1.29. The van der Waals surface area contributed by atoms with Gasteiger partial charge in [0.05, 0.1) is 5.39 Å². The van der Waals surface area contributed by atoms with Crippen LogP contribution in [-0.4, -0.2) is 13.9 Å². The normalized spacial score (nSPS) is 9.87. The van der Waals surface area contributed by atoms with E-state index in [1.807, 2.05) is 20.8 Å². The van der Waals surface area contributed by atoms with E-state index in [0.29, 0.717) is 16.9 Å². The van der Waals surface area contributed by atoms with Crippen molar-refractivity contribution in [2.24, 2.45) is 0 Å². The average Bonchev–Trinajstić information content (AvgIpc) is 2.60. The molecule has 0 unspecified atom stereocenters. The van der Waals surface area contributed by atoms with E-state index in [4.69, 9.17) is 5.73 Å². The van der Waals surface area contributed by atoms with Gasteiger partial charge in [-0.3, -0.25) is 0 Å². The minimum Gasteiger partial charge on any atom is -0.383 e. The fourth-order valence-corrected chi connectivity index (χ4v) is 1.69. The number of nitrogen functional groups attached to an aromatic ring is 1.